The van der Waals surface area contributed by atoms with E-state index in [1.54, 1.807) is 19.1 Å². The maximum Gasteiger partial charge on any atom is 0.387 e. The van der Waals surface area contributed by atoms with E-state index < -0.39 is 16.6 Å². The van der Waals surface area contributed by atoms with Gasteiger partial charge >= 0.3 is 6.61 Å². The lowest BCUT2D eigenvalue weighted by molar-refractivity contribution is -0.0493. The number of hydrogen-bond donors (Lipinski definition) is 1. The van der Waals surface area contributed by atoms with Gasteiger partial charge in [-0.15, -0.1) is 0 Å². The van der Waals surface area contributed by atoms with E-state index in [4.69, 9.17) is 4.74 Å². The van der Waals surface area contributed by atoms with Gasteiger partial charge in [-0.2, -0.15) is 8.78 Å². The predicted octanol–water partition coefficient (Wildman–Crippen LogP) is 3.16. The number of hydrogen-bond acceptors (Lipinski definition) is 6. The fraction of sp³-hybridized carbons (Fsp3) is 0.400. The van der Waals surface area contributed by atoms with Crippen molar-refractivity contribution in [2.45, 2.75) is 18.4 Å². The summed E-state index contributed by atoms with van der Waals surface area (Å²) >= 11 is 0. The van der Waals surface area contributed by atoms with Crippen molar-refractivity contribution >= 4 is 21.4 Å². The number of anilines is 2. The van der Waals surface area contributed by atoms with E-state index in [-0.39, 0.29) is 16.3 Å². The van der Waals surface area contributed by atoms with Crippen LogP contribution >= 0.6 is 0 Å². The first kappa shape index (κ1) is 22.1. The summed E-state index contributed by atoms with van der Waals surface area (Å²) < 4.78 is 63.7. The summed E-state index contributed by atoms with van der Waals surface area (Å²) in [4.78, 5) is 4.25. The first-order valence-corrected chi connectivity index (χ1v) is 10.9. The van der Waals surface area contributed by atoms with Crippen LogP contribution in [0.2, 0.25) is 0 Å². The van der Waals surface area contributed by atoms with Crippen molar-refractivity contribution in [2.75, 3.05) is 50.0 Å². The molecule has 1 heterocycles. The minimum Gasteiger partial charge on any atom is -0.495 e. The molecule has 1 N–H and O–H groups in total. The third kappa shape index (κ3) is 5.11. The van der Waals surface area contributed by atoms with Crippen LogP contribution in [0.3, 0.4) is 0 Å². The zero-order chi connectivity index (χ0) is 21.9. The minimum atomic E-state index is -4.05. The number of benzene rings is 2. The van der Waals surface area contributed by atoms with E-state index >= 15 is 0 Å². The highest BCUT2D eigenvalue weighted by molar-refractivity contribution is 7.92. The zero-order valence-corrected chi connectivity index (χ0v) is 17.9. The molecule has 1 aliphatic heterocycles. The van der Waals surface area contributed by atoms with Gasteiger partial charge in [-0.05, 0) is 49.9 Å². The number of rotatable bonds is 7. The highest BCUT2D eigenvalue weighted by atomic mass is 32.2. The van der Waals surface area contributed by atoms with Crippen molar-refractivity contribution in [2.24, 2.45) is 0 Å². The van der Waals surface area contributed by atoms with E-state index in [2.05, 4.69) is 19.3 Å². The Bertz CT molecular complexity index is 994. The van der Waals surface area contributed by atoms with Crippen LogP contribution < -0.4 is 19.1 Å². The number of nitrogens with one attached hydrogen (secondary N) is 1. The molecule has 0 unspecified atom stereocenters. The Hall–Kier alpha value is -2.59. The molecule has 0 amide bonds. The highest BCUT2D eigenvalue weighted by Gasteiger charge is 2.23. The highest BCUT2D eigenvalue weighted by Crippen LogP contribution is 2.34. The van der Waals surface area contributed by atoms with E-state index in [9.17, 15) is 17.2 Å². The van der Waals surface area contributed by atoms with Crippen LogP contribution in [0.4, 0.5) is 20.2 Å². The molecular weight excluding hydrogens is 416 g/mol. The first-order valence-electron chi connectivity index (χ1n) is 9.39. The molecule has 0 spiro atoms. The van der Waals surface area contributed by atoms with Crippen LogP contribution in [-0.2, 0) is 10.0 Å². The van der Waals surface area contributed by atoms with Crippen molar-refractivity contribution in [3.05, 3.63) is 42.0 Å². The maximum atomic E-state index is 13.0. The maximum absolute atomic E-state index is 13.0. The Labute approximate surface area is 175 Å². The molecule has 1 fully saturated rings. The molecule has 0 atom stereocenters. The molecule has 0 aliphatic carbocycles. The molecule has 7 nitrogen and oxygen atoms in total. The van der Waals surface area contributed by atoms with Gasteiger partial charge in [0, 0.05) is 26.2 Å². The number of ether oxygens (including phenoxy) is 2. The zero-order valence-electron chi connectivity index (χ0n) is 17.1. The number of nitrogens with zero attached hydrogens (tertiary/aromatic N) is 2. The van der Waals surface area contributed by atoms with Gasteiger partial charge < -0.3 is 19.3 Å². The van der Waals surface area contributed by atoms with E-state index in [0.717, 1.165) is 26.2 Å². The molecule has 164 valence electrons. The van der Waals surface area contributed by atoms with E-state index in [1.807, 2.05) is 7.05 Å². The molecule has 30 heavy (non-hydrogen) atoms. The molecule has 0 aromatic heterocycles. The molecule has 0 saturated carbocycles. The van der Waals surface area contributed by atoms with Crippen LogP contribution in [0.25, 0.3) is 0 Å². The third-order valence-corrected chi connectivity index (χ3v) is 6.26. The second kappa shape index (κ2) is 9.05. The molecule has 0 radical (unpaired) electrons. The summed E-state index contributed by atoms with van der Waals surface area (Å²) in [5.41, 5.74) is 1.32. The molecule has 0 bridgehead atoms. The summed E-state index contributed by atoms with van der Waals surface area (Å²) in [5.74, 6) is 0.322. The fourth-order valence-electron chi connectivity index (χ4n) is 3.26. The minimum absolute atomic E-state index is 0.00160. The lowest BCUT2D eigenvalue weighted by Gasteiger charge is -2.34. The molecule has 2 aromatic carbocycles. The van der Waals surface area contributed by atoms with E-state index in [1.165, 1.54) is 31.4 Å². The van der Waals surface area contributed by atoms with Crippen LogP contribution in [0.1, 0.15) is 5.56 Å². The Morgan fingerprint density at radius 1 is 1.03 bits per heavy atom. The number of piperazine rings is 1. The number of likely N-dealkylation sites (N-methyl/N-ethyl adjacent to an activating group) is 1. The van der Waals surface area contributed by atoms with Crippen LogP contribution in [0.15, 0.2) is 41.3 Å². The average Bonchev–Trinajstić information content (AvgIpc) is 2.69. The van der Waals surface area contributed by atoms with Crippen molar-refractivity contribution in [3.8, 4) is 11.5 Å². The quantitative estimate of drug-likeness (QED) is 0.712. The number of methoxy groups -OCH3 is 1. The smallest absolute Gasteiger partial charge is 0.387 e. The van der Waals surface area contributed by atoms with Gasteiger partial charge in [0.1, 0.15) is 11.5 Å². The topological polar surface area (TPSA) is 71.1 Å². The van der Waals surface area contributed by atoms with Crippen molar-refractivity contribution in [1.82, 2.24) is 4.90 Å². The summed E-state index contributed by atoms with van der Waals surface area (Å²) in [6.45, 7) is 1.80. The standard InChI is InChI=1S/C20H25F2N3O4S/c1-14-4-6-18(29-20(21)22)16(12-14)23-30(26,27)15-5-7-19(28-3)17(13-15)25-10-8-24(2)9-11-25/h4-7,12-13,20,23H,8-11H2,1-3H3. The monoisotopic (exact) mass is 441 g/mol. The fourth-order valence-corrected chi connectivity index (χ4v) is 4.34. The second-order valence-electron chi connectivity index (χ2n) is 7.11. The Kier molecular flexibility index (Phi) is 6.67. The van der Waals surface area contributed by atoms with Crippen LogP contribution in [0.5, 0.6) is 11.5 Å². The third-order valence-electron chi connectivity index (χ3n) is 4.90. The molecular formula is C20H25F2N3O4S. The summed E-state index contributed by atoms with van der Waals surface area (Å²) in [7, 11) is -0.495. The van der Waals surface area contributed by atoms with Gasteiger partial charge in [0.05, 0.1) is 23.4 Å². The van der Waals surface area contributed by atoms with Gasteiger partial charge in [-0.25, -0.2) is 8.42 Å². The predicted molar refractivity (Wildman–Crippen MR) is 111 cm³/mol. The van der Waals surface area contributed by atoms with E-state index in [0.29, 0.717) is 17.0 Å². The molecule has 1 aliphatic rings. The van der Waals surface area contributed by atoms with Crippen molar-refractivity contribution in [1.29, 1.82) is 0 Å². The molecule has 2 aromatic rings. The van der Waals surface area contributed by atoms with Crippen LogP contribution in [0, 0.1) is 6.92 Å². The summed E-state index contributed by atoms with van der Waals surface area (Å²) in [6, 6.07) is 8.87. The lowest BCUT2D eigenvalue weighted by Crippen LogP contribution is -2.44. The molecule has 10 heteroatoms. The molecule has 3 rings (SSSR count). The number of alkyl halides is 2. The Balaban J connectivity index is 1.93. The Morgan fingerprint density at radius 3 is 2.33 bits per heavy atom. The SMILES string of the molecule is COc1ccc(S(=O)(=O)Nc2cc(C)ccc2OC(F)F)cc1N1CCN(C)CC1. The second-order valence-corrected chi connectivity index (χ2v) is 8.79. The van der Waals surface area contributed by atoms with Crippen LogP contribution in [-0.4, -0.2) is 60.3 Å². The molecule has 1 saturated heterocycles. The van der Waals surface area contributed by atoms with Gasteiger partial charge in [0.25, 0.3) is 10.0 Å². The Morgan fingerprint density at radius 2 is 1.70 bits per heavy atom. The van der Waals surface area contributed by atoms with Gasteiger partial charge in [0.15, 0.2) is 0 Å². The van der Waals surface area contributed by atoms with Gasteiger partial charge in [0.2, 0.25) is 0 Å². The largest absolute Gasteiger partial charge is 0.495 e. The normalized spacial score (nSPS) is 15.3. The summed E-state index contributed by atoms with van der Waals surface area (Å²) in [6.07, 6.45) is 0. The van der Waals surface area contributed by atoms with Crippen molar-refractivity contribution < 1.29 is 26.7 Å². The lowest BCUT2D eigenvalue weighted by atomic mass is 10.2. The average molecular weight is 442 g/mol. The number of halogens is 2. The van der Waals surface area contributed by atoms with Gasteiger partial charge in [-0.3, -0.25) is 4.72 Å². The first-order chi connectivity index (χ1) is 14.2. The summed E-state index contributed by atoms with van der Waals surface area (Å²) in [5, 5.41) is 0. The van der Waals surface area contributed by atoms with Crippen molar-refractivity contribution in [3.63, 3.8) is 0 Å². The number of aryl methyl sites for hydroxylation is 1. The number of sulfonamides is 1. The van der Waals surface area contributed by atoms with Gasteiger partial charge in [-0.1, -0.05) is 6.07 Å².